The highest BCUT2D eigenvalue weighted by Crippen LogP contribution is 2.01. The summed E-state index contributed by atoms with van der Waals surface area (Å²) in [6, 6.07) is 0. The molecule has 16 heavy (non-hydrogen) atoms. The number of nitrogens with one attached hydrogen (secondary N) is 1. The third-order valence-electron chi connectivity index (χ3n) is 2.61. The van der Waals surface area contributed by atoms with Gasteiger partial charge in [-0.3, -0.25) is 4.79 Å². The molecule has 1 rings (SSSR count). The van der Waals surface area contributed by atoms with E-state index in [1.807, 2.05) is 18.4 Å². The van der Waals surface area contributed by atoms with E-state index in [9.17, 15) is 4.79 Å². The number of aryl methyl sites for hydroxylation is 1. The molecule has 0 radical (unpaired) electrons. The normalized spacial score (nSPS) is 12.4. The van der Waals surface area contributed by atoms with Gasteiger partial charge in [0.15, 0.2) is 5.82 Å². The molecule has 1 aromatic heterocycles. The summed E-state index contributed by atoms with van der Waals surface area (Å²) >= 11 is 0. The van der Waals surface area contributed by atoms with Crippen LogP contribution in [0.15, 0.2) is 6.33 Å². The van der Waals surface area contributed by atoms with Gasteiger partial charge in [-0.2, -0.15) is 0 Å². The Morgan fingerprint density at radius 1 is 1.62 bits per heavy atom. The van der Waals surface area contributed by atoms with Crippen molar-refractivity contribution in [1.29, 1.82) is 0 Å². The fraction of sp³-hybridized carbons (Fsp3) is 0.700. The van der Waals surface area contributed by atoms with Crippen molar-refractivity contribution in [3.63, 3.8) is 0 Å². The second kappa shape index (κ2) is 6.22. The molecule has 0 saturated heterocycles. The lowest BCUT2D eigenvalue weighted by atomic mass is 10.1. The molecule has 1 unspecified atom stereocenters. The summed E-state index contributed by atoms with van der Waals surface area (Å²) < 4.78 is 1.89. The summed E-state index contributed by atoms with van der Waals surface area (Å²) in [4.78, 5) is 11.7. The molecule has 0 fully saturated rings. The first-order chi connectivity index (χ1) is 7.72. The van der Waals surface area contributed by atoms with Crippen molar-refractivity contribution in [2.75, 3.05) is 6.54 Å². The second-order valence-electron chi connectivity index (χ2n) is 3.59. The molecule has 1 amide bonds. The molecule has 6 nitrogen and oxygen atoms in total. The smallest absolute Gasteiger partial charge is 0.224 e. The van der Waals surface area contributed by atoms with Crippen LogP contribution in [0, 0.1) is 5.92 Å². The number of rotatable bonds is 6. The first kappa shape index (κ1) is 12.6. The Labute approximate surface area is 95.2 Å². The highest BCUT2D eigenvalue weighted by atomic mass is 16.1. The molecule has 0 aromatic carbocycles. The minimum absolute atomic E-state index is 0.0179. The van der Waals surface area contributed by atoms with Crippen LogP contribution in [0.1, 0.15) is 26.1 Å². The van der Waals surface area contributed by atoms with Gasteiger partial charge < -0.3 is 15.6 Å². The van der Waals surface area contributed by atoms with Gasteiger partial charge in [-0.25, -0.2) is 0 Å². The van der Waals surface area contributed by atoms with Gasteiger partial charge >= 0.3 is 0 Å². The van der Waals surface area contributed by atoms with Gasteiger partial charge in [-0.1, -0.05) is 6.92 Å². The van der Waals surface area contributed by atoms with Crippen LogP contribution in [0.3, 0.4) is 0 Å². The van der Waals surface area contributed by atoms with E-state index >= 15 is 0 Å². The van der Waals surface area contributed by atoms with Crippen molar-refractivity contribution in [2.24, 2.45) is 11.7 Å². The average Bonchev–Trinajstić information content (AvgIpc) is 2.75. The molecule has 0 spiro atoms. The third kappa shape index (κ3) is 3.03. The minimum Gasteiger partial charge on any atom is -0.349 e. The average molecular weight is 225 g/mol. The zero-order chi connectivity index (χ0) is 12.0. The summed E-state index contributed by atoms with van der Waals surface area (Å²) in [6.45, 7) is 5.54. The fourth-order valence-electron chi connectivity index (χ4n) is 1.45. The summed E-state index contributed by atoms with van der Waals surface area (Å²) in [6.07, 6.45) is 2.41. The molecule has 0 aliphatic rings. The predicted molar refractivity (Wildman–Crippen MR) is 60.4 cm³/mol. The lowest BCUT2D eigenvalue weighted by Gasteiger charge is -2.12. The van der Waals surface area contributed by atoms with Crippen molar-refractivity contribution >= 4 is 5.91 Å². The molecule has 90 valence electrons. The molecule has 6 heteroatoms. The number of carbonyl (C=O) groups excluding carboxylic acids is 1. The molecule has 1 atom stereocenters. The molecule has 0 aliphatic heterocycles. The van der Waals surface area contributed by atoms with Gasteiger partial charge in [-0.15, -0.1) is 10.2 Å². The Morgan fingerprint density at radius 2 is 2.38 bits per heavy atom. The van der Waals surface area contributed by atoms with Gasteiger partial charge in [0.25, 0.3) is 0 Å². The maximum absolute atomic E-state index is 11.7. The Bertz CT molecular complexity index is 332. The third-order valence-corrected chi connectivity index (χ3v) is 2.61. The first-order valence-corrected chi connectivity index (χ1v) is 5.57. The lowest BCUT2D eigenvalue weighted by Crippen LogP contribution is -2.34. The number of carbonyl (C=O) groups is 1. The fourth-order valence-corrected chi connectivity index (χ4v) is 1.45. The van der Waals surface area contributed by atoms with E-state index in [0.29, 0.717) is 13.1 Å². The summed E-state index contributed by atoms with van der Waals surface area (Å²) in [7, 11) is 0. The van der Waals surface area contributed by atoms with Crippen LogP contribution in [0.5, 0.6) is 0 Å². The Kier molecular flexibility index (Phi) is 4.91. The maximum atomic E-state index is 11.7. The first-order valence-electron chi connectivity index (χ1n) is 5.57. The van der Waals surface area contributed by atoms with Crippen LogP contribution >= 0.6 is 0 Å². The number of hydrogen-bond donors (Lipinski definition) is 2. The predicted octanol–water partition coefficient (Wildman–Crippen LogP) is -0.101. The van der Waals surface area contributed by atoms with E-state index < -0.39 is 0 Å². The zero-order valence-corrected chi connectivity index (χ0v) is 9.81. The van der Waals surface area contributed by atoms with E-state index in [1.54, 1.807) is 6.33 Å². The number of nitrogens with zero attached hydrogens (tertiary/aromatic N) is 3. The molecular weight excluding hydrogens is 206 g/mol. The number of hydrogen-bond acceptors (Lipinski definition) is 4. The van der Waals surface area contributed by atoms with Gasteiger partial charge in [0.1, 0.15) is 6.33 Å². The molecule has 1 aromatic rings. The lowest BCUT2D eigenvalue weighted by molar-refractivity contribution is -0.125. The summed E-state index contributed by atoms with van der Waals surface area (Å²) in [5.74, 6) is 0.636. The SMILES string of the molecule is CCC(CN)C(=O)NCc1nncn1CC. The number of aromatic nitrogens is 3. The van der Waals surface area contributed by atoms with Crippen LogP contribution in [-0.2, 0) is 17.9 Å². The minimum atomic E-state index is -0.113. The summed E-state index contributed by atoms with van der Waals surface area (Å²) in [5, 5.41) is 10.5. The Hall–Kier alpha value is -1.43. The van der Waals surface area contributed by atoms with Crippen molar-refractivity contribution in [3.05, 3.63) is 12.2 Å². The van der Waals surface area contributed by atoms with Crippen molar-refractivity contribution in [1.82, 2.24) is 20.1 Å². The van der Waals surface area contributed by atoms with Gasteiger partial charge in [0.05, 0.1) is 6.54 Å². The largest absolute Gasteiger partial charge is 0.349 e. The van der Waals surface area contributed by atoms with E-state index in [1.165, 1.54) is 0 Å². The van der Waals surface area contributed by atoms with E-state index in [2.05, 4.69) is 15.5 Å². The van der Waals surface area contributed by atoms with Crippen LogP contribution in [0.4, 0.5) is 0 Å². The highest BCUT2D eigenvalue weighted by molar-refractivity contribution is 5.78. The van der Waals surface area contributed by atoms with Crippen LogP contribution in [0.2, 0.25) is 0 Å². The molecule has 3 N–H and O–H groups in total. The quantitative estimate of drug-likeness (QED) is 0.708. The van der Waals surface area contributed by atoms with Crippen molar-refractivity contribution in [2.45, 2.75) is 33.4 Å². The van der Waals surface area contributed by atoms with Crippen LogP contribution in [-0.4, -0.2) is 27.2 Å². The molecule has 0 saturated carbocycles. The Morgan fingerprint density at radius 3 is 2.94 bits per heavy atom. The molecule has 1 heterocycles. The highest BCUT2D eigenvalue weighted by Gasteiger charge is 2.14. The molecule has 0 bridgehead atoms. The number of nitrogens with two attached hydrogens (primary N) is 1. The van der Waals surface area contributed by atoms with Gasteiger partial charge in [0, 0.05) is 19.0 Å². The van der Waals surface area contributed by atoms with Crippen molar-refractivity contribution < 1.29 is 4.79 Å². The summed E-state index contributed by atoms with van der Waals surface area (Å²) in [5.41, 5.74) is 5.50. The maximum Gasteiger partial charge on any atom is 0.224 e. The second-order valence-corrected chi connectivity index (χ2v) is 3.59. The molecular formula is C10H19N5O. The van der Waals surface area contributed by atoms with E-state index in [0.717, 1.165) is 18.8 Å². The van der Waals surface area contributed by atoms with E-state index in [4.69, 9.17) is 5.73 Å². The van der Waals surface area contributed by atoms with E-state index in [-0.39, 0.29) is 11.8 Å². The van der Waals surface area contributed by atoms with Gasteiger partial charge in [0.2, 0.25) is 5.91 Å². The van der Waals surface area contributed by atoms with Gasteiger partial charge in [-0.05, 0) is 13.3 Å². The topological polar surface area (TPSA) is 85.8 Å². The molecule has 0 aliphatic carbocycles. The zero-order valence-electron chi connectivity index (χ0n) is 9.81. The van der Waals surface area contributed by atoms with Crippen molar-refractivity contribution in [3.8, 4) is 0 Å². The number of amides is 1. The Balaban J connectivity index is 2.48. The van der Waals surface area contributed by atoms with Crippen LogP contribution in [0.25, 0.3) is 0 Å². The standard InChI is InChI=1S/C10H19N5O/c1-3-8(5-11)10(16)12-6-9-14-13-7-15(9)4-2/h7-8H,3-6,11H2,1-2H3,(H,12,16). The van der Waals surface area contributed by atoms with Crippen LogP contribution < -0.4 is 11.1 Å². The monoisotopic (exact) mass is 225 g/mol.